The molecule has 1 rings (SSSR count). The van der Waals surface area contributed by atoms with Crippen molar-refractivity contribution in [2.24, 2.45) is 5.73 Å². The number of likely N-dealkylation sites (tertiary alicyclic amines) is 1. The van der Waals surface area contributed by atoms with Crippen LogP contribution in [0.5, 0.6) is 0 Å². The molecule has 0 aromatic heterocycles. The monoisotopic (exact) mass is 214 g/mol. The van der Waals surface area contributed by atoms with E-state index in [2.05, 4.69) is 18.7 Å². The molecule has 3 atom stereocenters. The fourth-order valence-corrected chi connectivity index (χ4v) is 2.75. The fraction of sp³-hybridized carbons (Fsp3) is 1.00. The van der Waals surface area contributed by atoms with Gasteiger partial charge in [0.2, 0.25) is 0 Å². The Balaban J connectivity index is 2.56. The van der Waals surface area contributed by atoms with Crippen LogP contribution in [-0.2, 0) is 0 Å². The summed E-state index contributed by atoms with van der Waals surface area (Å²) in [6.45, 7) is 5.69. The maximum atomic E-state index is 9.48. The maximum absolute atomic E-state index is 9.48. The Labute approximate surface area is 93.6 Å². The van der Waals surface area contributed by atoms with Gasteiger partial charge in [0.15, 0.2) is 0 Å². The van der Waals surface area contributed by atoms with E-state index < -0.39 is 0 Å². The van der Waals surface area contributed by atoms with Crippen LogP contribution in [0, 0.1) is 0 Å². The summed E-state index contributed by atoms with van der Waals surface area (Å²) in [6, 6.07) is 0.953. The molecule has 3 heteroatoms. The van der Waals surface area contributed by atoms with Gasteiger partial charge in [-0.05, 0) is 32.2 Å². The maximum Gasteiger partial charge on any atom is 0.0602 e. The number of aliphatic hydroxyl groups excluding tert-OH is 1. The zero-order chi connectivity index (χ0) is 11.3. The molecule has 0 saturated carbocycles. The molecular weight excluding hydrogens is 188 g/mol. The molecule has 0 aromatic carbocycles. The van der Waals surface area contributed by atoms with Crippen LogP contribution in [-0.4, -0.2) is 41.3 Å². The van der Waals surface area contributed by atoms with Crippen LogP contribution in [0.1, 0.15) is 46.0 Å². The van der Waals surface area contributed by atoms with Gasteiger partial charge in [-0.1, -0.05) is 20.3 Å². The van der Waals surface area contributed by atoms with Crippen molar-refractivity contribution in [1.29, 1.82) is 0 Å². The van der Waals surface area contributed by atoms with Gasteiger partial charge in [0.05, 0.1) is 6.61 Å². The molecule has 15 heavy (non-hydrogen) atoms. The lowest BCUT2D eigenvalue weighted by Gasteiger charge is -2.35. The smallest absolute Gasteiger partial charge is 0.0602 e. The van der Waals surface area contributed by atoms with Gasteiger partial charge in [-0.2, -0.15) is 0 Å². The van der Waals surface area contributed by atoms with Gasteiger partial charge in [0.25, 0.3) is 0 Å². The van der Waals surface area contributed by atoms with Gasteiger partial charge in [0.1, 0.15) is 0 Å². The first-order chi connectivity index (χ1) is 7.24. The highest BCUT2D eigenvalue weighted by atomic mass is 16.3. The first-order valence-electron chi connectivity index (χ1n) is 6.36. The van der Waals surface area contributed by atoms with Crippen molar-refractivity contribution in [3.8, 4) is 0 Å². The lowest BCUT2D eigenvalue weighted by atomic mass is 10.0. The molecule has 3 nitrogen and oxygen atoms in total. The summed E-state index contributed by atoms with van der Waals surface area (Å²) in [5, 5.41) is 9.48. The van der Waals surface area contributed by atoms with Crippen molar-refractivity contribution < 1.29 is 5.11 Å². The van der Waals surface area contributed by atoms with Crippen LogP contribution in [0.2, 0.25) is 0 Å². The molecule has 90 valence electrons. The number of hydrogen-bond donors (Lipinski definition) is 2. The quantitative estimate of drug-likeness (QED) is 0.701. The van der Waals surface area contributed by atoms with E-state index in [-0.39, 0.29) is 18.7 Å². The minimum absolute atomic E-state index is 0.132. The van der Waals surface area contributed by atoms with Crippen molar-refractivity contribution in [2.45, 2.75) is 64.1 Å². The number of hydrogen-bond acceptors (Lipinski definition) is 3. The summed E-state index contributed by atoms with van der Waals surface area (Å²) >= 11 is 0. The Kier molecular flexibility index (Phi) is 5.58. The lowest BCUT2D eigenvalue weighted by Crippen LogP contribution is -2.51. The van der Waals surface area contributed by atoms with Gasteiger partial charge in [0, 0.05) is 18.1 Å². The van der Waals surface area contributed by atoms with Crippen LogP contribution in [0.4, 0.5) is 0 Å². The highest BCUT2D eigenvalue weighted by molar-refractivity contribution is 4.89. The normalized spacial score (nSPS) is 26.8. The average molecular weight is 214 g/mol. The molecule has 0 amide bonds. The number of nitrogens with zero attached hydrogens (tertiary/aromatic N) is 1. The fourth-order valence-electron chi connectivity index (χ4n) is 2.75. The van der Waals surface area contributed by atoms with Gasteiger partial charge in [-0.25, -0.2) is 0 Å². The predicted molar refractivity (Wildman–Crippen MR) is 63.8 cm³/mol. The molecular formula is C12H26N2O. The Morgan fingerprint density at radius 3 is 2.73 bits per heavy atom. The molecule has 0 aliphatic carbocycles. The van der Waals surface area contributed by atoms with Gasteiger partial charge >= 0.3 is 0 Å². The molecule has 0 bridgehead atoms. The van der Waals surface area contributed by atoms with Crippen molar-refractivity contribution >= 4 is 0 Å². The summed E-state index contributed by atoms with van der Waals surface area (Å²) in [7, 11) is 0. The molecule has 3 N–H and O–H groups in total. The predicted octanol–water partition coefficient (Wildman–Crippen LogP) is 1.35. The van der Waals surface area contributed by atoms with Gasteiger partial charge in [-0.15, -0.1) is 0 Å². The molecule has 1 aliphatic rings. The van der Waals surface area contributed by atoms with Crippen LogP contribution < -0.4 is 5.73 Å². The minimum atomic E-state index is 0.132. The topological polar surface area (TPSA) is 49.5 Å². The van der Waals surface area contributed by atoms with Crippen molar-refractivity contribution in [3.63, 3.8) is 0 Å². The van der Waals surface area contributed by atoms with Crippen molar-refractivity contribution in [2.75, 3.05) is 13.2 Å². The highest BCUT2D eigenvalue weighted by Gasteiger charge is 2.31. The highest BCUT2D eigenvalue weighted by Crippen LogP contribution is 2.24. The second-order valence-corrected chi connectivity index (χ2v) is 4.64. The standard InChI is InChI=1S/C12H26N2O/c1-3-6-11(13)12(9-15)14-8-5-7-10(14)4-2/h10-12,15H,3-9,13H2,1-2H3. The molecule has 0 aromatic rings. The zero-order valence-corrected chi connectivity index (χ0v) is 10.2. The lowest BCUT2D eigenvalue weighted by molar-refractivity contribution is 0.0894. The molecule has 1 aliphatic heterocycles. The van der Waals surface area contributed by atoms with E-state index in [1.165, 1.54) is 19.3 Å². The van der Waals surface area contributed by atoms with Crippen LogP contribution in [0.3, 0.4) is 0 Å². The first-order valence-corrected chi connectivity index (χ1v) is 6.36. The van der Waals surface area contributed by atoms with E-state index in [9.17, 15) is 5.11 Å². The van der Waals surface area contributed by atoms with E-state index in [0.717, 1.165) is 19.4 Å². The minimum Gasteiger partial charge on any atom is -0.395 e. The van der Waals surface area contributed by atoms with Gasteiger partial charge in [-0.3, -0.25) is 4.90 Å². The second kappa shape index (κ2) is 6.46. The summed E-state index contributed by atoms with van der Waals surface area (Å²) in [6.07, 6.45) is 5.81. The van der Waals surface area contributed by atoms with E-state index in [1.807, 2.05) is 0 Å². The Bertz CT molecular complexity index is 175. The van der Waals surface area contributed by atoms with E-state index >= 15 is 0 Å². The summed E-state index contributed by atoms with van der Waals surface area (Å²) < 4.78 is 0. The number of rotatable bonds is 6. The third-order valence-electron chi connectivity index (χ3n) is 3.62. The van der Waals surface area contributed by atoms with Crippen LogP contribution in [0.25, 0.3) is 0 Å². The van der Waals surface area contributed by atoms with Crippen LogP contribution in [0.15, 0.2) is 0 Å². The largest absolute Gasteiger partial charge is 0.395 e. The van der Waals surface area contributed by atoms with E-state index in [1.54, 1.807) is 0 Å². The zero-order valence-electron chi connectivity index (χ0n) is 10.2. The molecule has 0 spiro atoms. The average Bonchev–Trinajstić information content (AvgIpc) is 2.67. The third-order valence-corrected chi connectivity index (χ3v) is 3.62. The number of nitrogens with two attached hydrogens (primary N) is 1. The first kappa shape index (κ1) is 12.9. The summed E-state index contributed by atoms with van der Waals surface area (Å²) in [4.78, 5) is 2.43. The number of aliphatic hydroxyl groups is 1. The molecule has 1 heterocycles. The summed E-state index contributed by atoms with van der Waals surface area (Å²) in [5.41, 5.74) is 6.13. The Morgan fingerprint density at radius 1 is 1.47 bits per heavy atom. The Hall–Kier alpha value is -0.120. The van der Waals surface area contributed by atoms with Crippen molar-refractivity contribution in [1.82, 2.24) is 4.90 Å². The van der Waals surface area contributed by atoms with E-state index in [0.29, 0.717) is 6.04 Å². The van der Waals surface area contributed by atoms with Gasteiger partial charge < -0.3 is 10.8 Å². The Morgan fingerprint density at radius 2 is 2.20 bits per heavy atom. The molecule has 0 radical (unpaired) electrons. The molecule has 3 unspecified atom stereocenters. The van der Waals surface area contributed by atoms with Crippen LogP contribution >= 0.6 is 0 Å². The van der Waals surface area contributed by atoms with Crippen molar-refractivity contribution in [3.05, 3.63) is 0 Å². The molecule has 1 fully saturated rings. The second-order valence-electron chi connectivity index (χ2n) is 4.64. The molecule has 1 saturated heterocycles. The van der Waals surface area contributed by atoms with E-state index in [4.69, 9.17) is 5.73 Å². The SMILES string of the molecule is CCCC(N)C(CO)N1CCCC1CC. The summed E-state index contributed by atoms with van der Waals surface area (Å²) in [5.74, 6) is 0. The third kappa shape index (κ3) is 3.16.